The highest BCUT2D eigenvalue weighted by atomic mass is 19.3. The van der Waals surface area contributed by atoms with Crippen molar-refractivity contribution in [1.82, 2.24) is 0 Å². The molecule has 4 unspecified atom stereocenters. The first-order valence-electron chi connectivity index (χ1n) is 16.9. The summed E-state index contributed by atoms with van der Waals surface area (Å²) >= 11 is 0. The van der Waals surface area contributed by atoms with Gasteiger partial charge in [-0.05, 0) is 65.8 Å². The zero-order valence-electron chi connectivity index (χ0n) is 29.7. The van der Waals surface area contributed by atoms with Gasteiger partial charge in [0.2, 0.25) is 0 Å². The topological polar surface area (TPSA) is 53.7 Å². The van der Waals surface area contributed by atoms with Crippen LogP contribution in [0, 0.1) is 0 Å². The normalized spacial score (nSPS) is 21.9. The summed E-state index contributed by atoms with van der Waals surface area (Å²) in [7, 11) is 0. The van der Waals surface area contributed by atoms with Gasteiger partial charge < -0.3 is 19.9 Å². The summed E-state index contributed by atoms with van der Waals surface area (Å²) in [6, 6.07) is 18.1. The third kappa shape index (κ3) is 7.12. The second kappa shape index (κ2) is 15.2. The van der Waals surface area contributed by atoms with Gasteiger partial charge in [0, 0.05) is 12.1 Å². The minimum Gasteiger partial charge on any atom is -0.456 e. The second-order valence-corrected chi connectivity index (χ2v) is 13.4. The van der Waals surface area contributed by atoms with E-state index in [0.29, 0.717) is 34.2 Å². The Balaban J connectivity index is 1.37. The van der Waals surface area contributed by atoms with Crippen molar-refractivity contribution < 1.29 is 66.9 Å². The molecule has 16 heteroatoms. The van der Waals surface area contributed by atoms with E-state index in [2.05, 4.69) is 4.74 Å². The van der Waals surface area contributed by atoms with Gasteiger partial charge in [0.05, 0.1) is 0 Å². The number of nitrogens with two attached hydrogens (primary N) is 1. The molecule has 56 heavy (non-hydrogen) atoms. The van der Waals surface area contributed by atoms with E-state index in [1.165, 1.54) is 79.7 Å². The standard InChI is InChI=1S/C40H33F12NO3/c1-4-21-35(2,55-34(46)33(44)45)28-15-9-25(10-16-28)26-13-19-30(20-14-26)54-39(51)37(47,48)38(49,50)40(39,52)56-36(3,22-53)29-17-11-24(12-18-29)23-5-7-27(8-6-23)31(41)32(42)43/h5-20H,4,21-22,53H2,1-3H3. The lowest BCUT2D eigenvalue weighted by Gasteiger charge is -2.58. The molecular weight excluding hydrogens is 770 g/mol. The van der Waals surface area contributed by atoms with Gasteiger partial charge in [-0.15, -0.1) is 0 Å². The Morgan fingerprint density at radius 3 is 1.39 bits per heavy atom. The number of ether oxygens (including phenoxy) is 3. The van der Waals surface area contributed by atoms with Crippen LogP contribution < -0.4 is 10.5 Å². The molecule has 4 aromatic carbocycles. The maximum absolute atomic E-state index is 16.3. The van der Waals surface area contributed by atoms with Crippen molar-refractivity contribution in [3.05, 3.63) is 132 Å². The minimum atomic E-state index is -5.76. The number of benzene rings is 4. The highest BCUT2D eigenvalue weighted by molar-refractivity contribution is 5.68. The Hall–Kier alpha value is -4.96. The van der Waals surface area contributed by atoms with Gasteiger partial charge in [0.15, 0.2) is 5.83 Å². The SMILES string of the molecule is CCCC(C)(OC(F)=C(F)F)c1ccc(-c2ccc(OC3(F)C(F)(F)C(F)(F)C3(F)OC(C)(CN)c3ccc(-c4ccc(C(F)=C(F)F)cc4)cc3)cc2)cc1. The molecule has 4 aromatic rings. The molecule has 2 N–H and O–H groups in total. The molecule has 0 aromatic heterocycles. The molecular formula is C40H33F12NO3. The summed E-state index contributed by atoms with van der Waals surface area (Å²) in [6.45, 7) is 3.30. The van der Waals surface area contributed by atoms with Gasteiger partial charge in [-0.2, -0.15) is 48.3 Å². The van der Waals surface area contributed by atoms with Crippen LogP contribution in [0.4, 0.5) is 52.7 Å². The molecule has 4 atom stereocenters. The Bertz CT molecular complexity index is 2090. The lowest BCUT2D eigenvalue weighted by molar-refractivity contribution is -0.553. The maximum atomic E-state index is 16.3. The van der Waals surface area contributed by atoms with Crippen molar-refractivity contribution >= 4 is 5.83 Å². The van der Waals surface area contributed by atoms with Gasteiger partial charge >= 0.3 is 41.7 Å². The summed E-state index contributed by atoms with van der Waals surface area (Å²) in [4.78, 5) is 0. The zero-order chi connectivity index (χ0) is 41.5. The van der Waals surface area contributed by atoms with Crippen LogP contribution in [-0.4, -0.2) is 30.1 Å². The fourth-order valence-electron chi connectivity index (χ4n) is 6.33. The van der Waals surface area contributed by atoms with Crippen LogP contribution in [-0.2, 0) is 20.7 Å². The Kier molecular flexibility index (Phi) is 11.4. The van der Waals surface area contributed by atoms with E-state index in [1.807, 2.05) is 0 Å². The number of halogens is 12. The predicted octanol–water partition coefficient (Wildman–Crippen LogP) is 12.5. The van der Waals surface area contributed by atoms with E-state index in [9.17, 15) is 43.9 Å². The van der Waals surface area contributed by atoms with Gasteiger partial charge in [-0.1, -0.05) is 98.3 Å². The molecule has 300 valence electrons. The average molecular weight is 804 g/mol. The summed E-state index contributed by atoms with van der Waals surface area (Å²) in [5.74, 6) is -24.2. The first kappa shape index (κ1) is 42.2. The molecule has 0 aliphatic heterocycles. The Labute approximate surface area is 313 Å². The molecule has 4 nitrogen and oxygen atoms in total. The number of rotatable bonds is 14. The molecule has 5 rings (SSSR count). The summed E-state index contributed by atoms with van der Waals surface area (Å²) in [5, 5.41) is 0. The van der Waals surface area contributed by atoms with E-state index in [-0.39, 0.29) is 12.0 Å². The monoisotopic (exact) mass is 803 g/mol. The molecule has 0 bridgehead atoms. The minimum absolute atomic E-state index is 0.146. The average Bonchev–Trinajstić information content (AvgIpc) is 3.17. The van der Waals surface area contributed by atoms with Crippen molar-refractivity contribution in [2.24, 2.45) is 5.73 Å². The van der Waals surface area contributed by atoms with Gasteiger partial charge in [-0.25, -0.2) is 4.39 Å². The van der Waals surface area contributed by atoms with Gasteiger partial charge in [0.25, 0.3) is 0 Å². The summed E-state index contributed by atoms with van der Waals surface area (Å²) < 4.78 is 185. The van der Waals surface area contributed by atoms with Crippen LogP contribution in [0.25, 0.3) is 28.1 Å². The van der Waals surface area contributed by atoms with E-state index >= 15 is 8.78 Å². The van der Waals surface area contributed by atoms with Crippen molar-refractivity contribution in [3.63, 3.8) is 0 Å². The number of hydrogen-bond donors (Lipinski definition) is 1. The predicted molar refractivity (Wildman–Crippen MR) is 183 cm³/mol. The molecule has 0 amide bonds. The fourth-order valence-corrected chi connectivity index (χ4v) is 6.33. The van der Waals surface area contributed by atoms with Crippen LogP contribution in [0.5, 0.6) is 5.75 Å². The van der Waals surface area contributed by atoms with E-state index in [1.54, 1.807) is 6.92 Å². The molecule has 0 heterocycles. The number of alkyl halides is 6. The van der Waals surface area contributed by atoms with Crippen molar-refractivity contribution in [1.29, 1.82) is 0 Å². The molecule has 1 saturated carbocycles. The first-order valence-corrected chi connectivity index (χ1v) is 16.9. The van der Waals surface area contributed by atoms with Crippen LogP contribution in [0.15, 0.2) is 115 Å². The Morgan fingerprint density at radius 1 is 0.571 bits per heavy atom. The zero-order valence-corrected chi connectivity index (χ0v) is 29.7. The smallest absolute Gasteiger partial charge is 0.390 e. The van der Waals surface area contributed by atoms with E-state index in [0.717, 1.165) is 31.2 Å². The second-order valence-electron chi connectivity index (χ2n) is 13.4. The summed E-state index contributed by atoms with van der Waals surface area (Å²) in [6.07, 6.45) is -4.53. The summed E-state index contributed by atoms with van der Waals surface area (Å²) in [5.41, 5.74) is 3.26. The largest absolute Gasteiger partial charge is 0.456 e. The molecule has 0 spiro atoms. The molecule has 1 fully saturated rings. The molecule has 0 radical (unpaired) electrons. The molecule has 1 aliphatic carbocycles. The number of hydrogen-bond acceptors (Lipinski definition) is 4. The van der Waals surface area contributed by atoms with Crippen molar-refractivity contribution in [3.8, 4) is 28.0 Å². The quantitative estimate of drug-likeness (QED) is 0.102. The fraction of sp³-hybridized carbons (Fsp3) is 0.300. The van der Waals surface area contributed by atoms with Gasteiger partial charge in [-0.3, -0.25) is 0 Å². The van der Waals surface area contributed by atoms with Crippen LogP contribution in [0.3, 0.4) is 0 Å². The van der Waals surface area contributed by atoms with Crippen LogP contribution in [0.1, 0.15) is 50.3 Å². The van der Waals surface area contributed by atoms with E-state index in [4.69, 9.17) is 15.2 Å². The lowest BCUT2D eigenvalue weighted by Crippen LogP contribution is -2.89. The molecule has 0 saturated heterocycles. The highest BCUT2D eigenvalue weighted by Crippen LogP contribution is 2.69. The van der Waals surface area contributed by atoms with Crippen LogP contribution >= 0.6 is 0 Å². The van der Waals surface area contributed by atoms with Gasteiger partial charge in [0.1, 0.15) is 17.0 Å². The van der Waals surface area contributed by atoms with Crippen molar-refractivity contribution in [2.75, 3.05) is 6.54 Å². The third-order valence-electron chi connectivity index (χ3n) is 9.64. The maximum Gasteiger partial charge on any atom is 0.390 e. The highest BCUT2D eigenvalue weighted by Gasteiger charge is 3.02. The van der Waals surface area contributed by atoms with Crippen molar-refractivity contribution in [2.45, 2.75) is 68.4 Å². The lowest BCUT2D eigenvalue weighted by atomic mass is 9.75. The Morgan fingerprint density at radius 2 is 0.982 bits per heavy atom. The van der Waals surface area contributed by atoms with E-state index < -0.39 is 76.6 Å². The van der Waals surface area contributed by atoms with Crippen LogP contribution in [0.2, 0.25) is 0 Å². The first-order chi connectivity index (χ1) is 26.1. The third-order valence-corrected chi connectivity index (χ3v) is 9.64. The molecule has 1 aliphatic rings.